The lowest BCUT2D eigenvalue weighted by atomic mass is 9.82. The average molecular weight is 158 g/mol. The summed E-state index contributed by atoms with van der Waals surface area (Å²) in [7, 11) is 4.01. The molecular weight excluding hydrogens is 140 g/mol. The van der Waals surface area contributed by atoms with Crippen LogP contribution in [0.4, 0.5) is 0 Å². The number of hydrogen-bond acceptors (Lipinski definition) is 3. The minimum atomic E-state index is 0.447. The minimum absolute atomic E-state index is 0.447. The first kappa shape index (κ1) is 8.97. The Bertz CT molecular complexity index is 111. The van der Waals surface area contributed by atoms with Crippen LogP contribution in [0.15, 0.2) is 0 Å². The van der Waals surface area contributed by atoms with Crippen molar-refractivity contribution < 1.29 is 4.74 Å². The molecule has 0 aromatic carbocycles. The van der Waals surface area contributed by atoms with E-state index in [1.807, 2.05) is 19.0 Å². The summed E-state index contributed by atoms with van der Waals surface area (Å²) < 4.78 is 5.42. The van der Waals surface area contributed by atoms with E-state index in [1.54, 1.807) is 0 Å². The van der Waals surface area contributed by atoms with Crippen LogP contribution in [-0.2, 0) is 4.74 Å². The van der Waals surface area contributed by atoms with E-state index < -0.39 is 0 Å². The van der Waals surface area contributed by atoms with Crippen molar-refractivity contribution in [1.29, 1.82) is 0 Å². The minimum Gasteiger partial charge on any atom is -0.366 e. The average Bonchev–Trinajstić information content (AvgIpc) is 1.83. The highest BCUT2D eigenvalue weighted by molar-refractivity contribution is 4.81. The van der Waals surface area contributed by atoms with Crippen molar-refractivity contribution in [1.82, 2.24) is 4.90 Å². The van der Waals surface area contributed by atoms with Gasteiger partial charge in [0.05, 0.1) is 13.3 Å². The lowest BCUT2D eigenvalue weighted by molar-refractivity contribution is 0.0122. The summed E-state index contributed by atoms with van der Waals surface area (Å²) in [4.78, 5) is 2.03. The van der Waals surface area contributed by atoms with E-state index in [0.717, 1.165) is 32.1 Å². The lowest BCUT2D eigenvalue weighted by Crippen LogP contribution is -2.39. The van der Waals surface area contributed by atoms with Gasteiger partial charge in [0.25, 0.3) is 0 Å². The van der Waals surface area contributed by atoms with Crippen LogP contribution < -0.4 is 5.73 Å². The Morgan fingerprint density at radius 2 is 2.09 bits per heavy atom. The molecule has 2 N–H and O–H groups in total. The molecule has 1 saturated carbocycles. The molecule has 0 spiro atoms. The van der Waals surface area contributed by atoms with Gasteiger partial charge in [-0.15, -0.1) is 0 Å². The van der Waals surface area contributed by atoms with Gasteiger partial charge in [-0.25, -0.2) is 0 Å². The van der Waals surface area contributed by atoms with E-state index in [0.29, 0.717) is 6.04 Å². The molecule has 3 heteroatoms. The second kappa shape index (κ2) is 4.04. The van der Waals surface area contributed by atoms with Gasteiger partial charge in [-0.2, -0.15) is 0 Å². The van der Waals surface area contributed by atoms with Crippen LogP contribution in [0.3, 0.4) is 0 Å². The van der Waals surface area contributed by atoms with Gasteiger partial charge in [0, 0.05) is 6.04 Å². The molecule has 1 aliphatic rings. The smallest absolute Gasteiger partial charge is 0.0985 e. The SMILES string of the molecule is CN(C)COC[C@H]1C[C@H](N)C1. The predicted octanol–water partition coefficient (Wildman–Crippen LogP) is 0.259. The first-order valence-electron chi connectivity index (χ1n) is 4.16. The molecule has 0 heterocycles. The van der Waals surface area contributed by atoms with Crippen LogP contribution in [0, 0.1) is 5.92 Å². The first-order chi connectivity index (χ1) is 5.18. The fourth-order valence-corrected chi connectivity index (χ4v) is 1.33. The Morgan fingerprint density at radius 1 is 1.45 bits per heavy atom. The molecule has 0 atom stereocenters. The van der Waals surface area contributed by atoms with Crippen molar-refractivity contribution >= 4 is 0 Å². The lowest BCUT2D eigenvalue weighted by Gasteiger charge is -2.32. The maximum atomic E-state index is 5.63. The van der Waals surface area contributed by atoms with Crippen LogP contribution in [0.1, 0.15) is 12.8 Å². The highest BCUT2D eigenvalue weighted by atomic mass is 16.5. The topological polar surface area (TPSA) is 38.5 Å². The second-order valence-corrected chi connectivity index (χ2v) is 3.68. The Balaban J connectivity index is 1.89. The van der Waals surface area contributed by atoms with Gasteiger partial charge in [0.2, 0.25) is 0 Å². The zero-order valence-corrected chi connectivity index (χ0v) is 7.42. The number of rotatable bonds is 4. The van der Waals surface area contributed by atoms with Gasteiger partial charge in [-0.05, 0) is 32.9 Å². The molecule has 66 valence electrons. The Morgan fingerprint density at radius 3 is 2.55 bits per heavy atom. The maximum absolute atomic E-state index is 5.63. The van der Waals surface area contributed by atoms with Gasteiger partial charge in [-0.3, -0.25) is 4.90 Å². The summed E-state index contributed by atoms with van der Waals surface area (Å²) in [6, 6.07) is 0.447. The number of nitrogens with zero attached hydrogens (tertiary/aromatic N) is 1. The predicted molar refractivity (Wildman–Crippen MR) is 45.2 cm³/mol. The van der Waals surface area contributed by atoms with Gasteiger partial charge in [0.15, 0.2) is 0 Å². The third-order valence-electron chi connectivity index (χ3n) is 1.98. The quantitative estimate of drug-likeness (QED) is 0.596. The van der Waals surface area contributed by atoms with E-state index in [-0.39, 0.29) is 0 Å². The molecule has 0 amide bonds. The standard InChI is InChI=1S/C8H18N2O/c1-10(2)6-11-5-7-3-8(9)4-7/h7-8H,3-6,9H2,1-2H3/t7-,8-. The highest BCUT2D eigenvalue weighted by Crippen LogP contribution is 2.25. The van der Waals surface area contributed by atoms with Crippen molar-refractivity contribution in [2.45, 2.75) is 18.9 Å². The van der Waals surface area contributed by atoms with Crippen LogP contribution in [0.2, 0.25) is 0 Å². The van der Waals surface area contributed by atoms with E-state index in [9.17, 15) is 0 Å². The van der Waals surface area contributed by atoms with Crippen molar-refractivity contribution in [2.75, 3.05) is 27.4 Å². The molecule has 1 aliphatic carbocycles. The zero-order chi connectivity index (χ0) is 8.27. The van der Waals surface area contributed by atoms with E-state index >= 15 is 0 Å². The van der Waals surface area contributed by atoms with Crippen LogP contribution in [-0.4, -0.2) is 38.4 Å². The Labute approximate surface area is 68.5 Å². The zero-order valence-electron chi connectivity index (χ0n) is 7.42. The van der Waals surface area contributed by atoms with E-state index in [4.69, 9.17) is 10.5 Å². The maximum Gasteiger partial charge on any atom is 0.0985 e. The van der Waals surface area contributed by atoms with Gasteiger partial charge >= 0.3 is 0 Å². The number of hydrogen-bond donors (Lipinski definition) is 1. The van der Waals surface area contributed by atoms with Crippen molar-refractivity contribution in [3.63, 3.8) is 0 Å². The molecule has 11 heavy (non-hydrogen) atoms. The molecule has 3 nitrogen and oxygen atoms in total. The molecular formula is C8H18N2O. The number of nitrogens with two attached hydrogens (primary N) is 1. The first-order valence-corrected chi connectivity index (χ1v) is 4.16. The van der Waals surface area contributed by atoms with Crippen LogP contribution in [0.25, 0.3) is 0 Å². The third kappa shape index (κ3) is 3.18. The van der Waals surface area contributed by atoms with Crippen LogP contribution in [0.5, 0.6) is 0 Å². The molecule has 0 saturated heterocycles. The summed E-state index contributed by atoms with van der Waals surface area (Å²) in [5.41, 5.74) is 5.63. The van der Waals surface area contributed by atoms with E-state index in [1.165, 1.54) is 0 Å². The highest BCUT2D eigenvalue weighted by Gasteiger charge is 2.25. The molecule has 1 fully saturated rings. The fraction of sp³-hybridized carbons (Fsp3) is 1.00. The monoisotopic (exact) mass is 158 g/mol. The van der Waals surface area contributed by atoms with Crippen molar-refractivity contribution in [2.24, 2.45) is 11.7 Å². The summed E-state index contributed by atoms with van der Waals surface area (Å²) in [6.07, 6.45) is 2.29. The fourth-order valence-electron chi connectivity index (χ4n) is 1.33. The second-order valence-electron chi connectivity index (χ2n) is 3.68. The number of ether oxygens (including phenoxy) is 1. The van der Waals surface area contributed by atoms with Crippen LogP contribution >= 0.6 is 0 Å². The molecule has 0 bridgehead atoms. The third-order valence-corrected chi connectivity index (χ3v) is 1.98. The molecule has 0 aliphatic heterocycles. The van der Waals surface area contributed by atoms with Gasteiger partial charge < -0.3 is 10.5 Å². The van der Waals surface area contributed by atoms with E-state index in [2.05, 4.69) is 0 Å². The largest absolute Gasteiger partial charge is 0.366 e. The van der Waals surface area contributed by atoms with Gasteiger partial charge in [0.1, 0.15) is 0 Å². The molecule has 0 aromatic rings. The van der Waals surface area contributed by atoms with Crippen molar-refractivity contribution in [3.8, 4) is 0 Å². The molecule has 1 rings (SSSR count). The summed E-state index contributed by atoms with van der Waals surface area (Å²) in [5.74, 6) is 0.727. The summed E-state index contributed by atoms with van der Waals surface area (Å²) >= 11 is 0. The Hall–Kier alpha value is -0.120. The summed E-state index contributed by atoms with van der Waals surface area (Å²) in [6.45, 7) is 1.61. The van der Waals surface area contributed by atoms with Crippen molar-refractivity contribution in [3.05, 3.63) is 0 Å². The molecule has 0 aromatic heterocycles. The van der Waals surface area contributed by atoms with Gasteiger partial charge in [-0.1, -0.05) is 0 Å². The molecule has 0 radical (unpaired) electrons. The normalized spacial score (nSPS) is 30.5. The molecule has 0 unspecified atom stereocenters. The Kier molecular flexibility index (Phi) is 3.30. The summed E-state index contributed by atoms with van der Waals surface area (Å²) in [5, 5.41) is 0.